The molecule has 0 spiro atoms. The van der Waals surface area contributed by atoms with Gasteiger partial charge in [-0.25, -0.2) is 23.4 Å². The first-order valence-electron chi connectivity index (χ1n) is 13.3. The van der Waals surface area contributed by atoms with Gasteiger partial charge in [0.25, 0.3) is 0 Å². The van der Waals surface area contributed by atoms with Crippen LogP contribution in [0.5, 0.6) is 0 Å². The molecule has 0 unspecified atom stereocenters. The minimum Gasteiger partial charge on any atom is -0.390 e. The van der Waals surface area contributed by atoms with Crippen LogP contribution in [0.3, 0.4) is 0 Å². The number of imidazole rings is 1. The molecule has 1 aliphatic carbocycles. The number of sulfonamides is 1. The van der Waals surface area contributed by atoms with Gasteiger partial charge in [-0.3, -0.25) is 0 Å². The molecule has 10 nitrogen and oxygen atoms in total. The van der Waals surface area contributed by atoms with Crippen LogP contribution >= 0.6 is 0 Å². The number of anilines is 2. The Balaban J connectivity index is 1.55. The van der Waals surface area contributed by atoms with Gasteiger partial charge in [-0.1, -0.05) is 0 Å². The third-order valence-electron chi connectivity index (χ3n) is 6.46. The Morgan fingerprint density at radius 3 is 2.38 bits per heavy atom. The van der Waals surface area contributed by atoms with Crippen LogP contribution in [0.4, 0.5) is 11.6 Å². The summed E-state index contributed by atoms with van der Waals surface area (Å²) >= 11 is 0. The summed E-state index contributed by atoms with van der Waals surface area (Å²) in [5.41, 5.74) is 1.66. The molecule has 1 saturated carbocycles. The fraction of sp³-hybridized carbons (Fsp3) is 0.536. The summed E-state index contributed by atoms with van der Waals surface area (Å²) in [6.45, 7) is 9.69. The lowest BCUT2D eigenvalue weighted by Gasteiger charge is -2.34. The molecule has 3 aromatic rings. The Labute approximate surface area is 231 Å². The number of aromatic amines is 1. The van der Waals surface area contributed by atoms with Gasteiger partial charge in [0.2, 0.25) is 16.0 Å². The molecule has 0 radical (unpaired) electrons. The topological polar surface area (TPSA) is 133 Å². The van der Waals surface area contributed by atoms with Crippen molar-refractivity contribution >= 4 is 21.7 Å². The molecule has 2 aromatic heterocycles. The van der Waals surface area contributed by atoms with E-state index in [1.165, 1.54) is 17.1 Å². The summed E-state index contributed by atoms with van der Waals surface area (Å²) in [7, 11) is -2.16. The molecule has 4 rings (SSSR count). The summed E-state index contributed by atoms with van der Waals surface area (Å²) in [6.07, 6.45) is 5.40. The van der Waals surface area contributed by atoms with Gasteiger partial charge in [0.1, 0.15) is 11.5 Å². The molecule has 1 aliphatic rings. The Morgan fingerprint density at radius 1 is 1.10 bits per heavy atom. The maximum atomic E-state index is 13.4. The number of hydrogen-bond donors (Lipinski definition) is 3. The summed E-state index contributed by atoms with van der Waals surface area (Å²) in [5.74, 6) is 1.76. The van der Waals surface area contributed by atoms with Crippen LogP contribution in [0, 0.1) is 5.92 Å². The van der Waals surface area contributed by atoms with Crippen molar-refractivity contribution in [3.05, 3.63) is 48.0 Å². The van der Waals surface area contributed by atoms with Crippen molar-refractivity contribution in [1.29, 1.82) is 0 Å². The number of methoxy groups -OCH3 is 1. The molecule has 0 amide bonds. The van der Waals surface area contributed by atoms with E-state index in [-0.39, 0.29) is 11.4 Å². The van der Waals surface area contributed by atoms with Crippen molar-refractivity contribution in [2.75, 3.05) is 25.6 Å². The van der Waals surface area contributed by atoms with E-state index in [1.807, 2.05) is 26.8 Å². The zero-order valence-corrected chi connectivity index (χ0v) is 24.5. The highest BCUT2D eigenvalue weighted by molar-refractivity contribution is 7.89. The number of nitrogens with one attached hydrogen (secondary N) is 2. The van der Waals surface area contributed by atoms with E-state index in [1.54, 1.807) is 51.4 Å². The van der Waals surface area contributed by atoms with Gasteiger partial charge in [0.15, 0.2) is 0 Å². The second-order valence-electron chi connectivity index (χ2n) is 11.8. The van der Waals surface area contributed by atoms with E-state index >= 15 is 0 Å². The van der Waals surface area contributed by atoms with E-state index < -0.39 is 21.2 Å². The van der Waals surface area contributed by atoms with Crippen LogP contribution in [-0.2, 0) is 27.6 Å². The van der Waals surface area contributed by atoms with Crippen LogP contribution < -0.4 is 5.32 Å². The number of nitrogens with zero attached hydrogens (tertiary/aromatic N) is 4. The van der Waals surface area contributed by atoms with E-state index in [2.05, 4.69) is 15.3 Å². The van der Waals surface area contributed by atoms with Crippen molar-refractivity contribution in [2.24, 2.45) is 5.92 Å². The normalized spacial score (nSPS) is 14.7. The fourth-order valence-electron chi connectivity index (χ4n) is 4.44. The molecule has 1 aromatic carbocycles. The second kappa shape index (κ2) is 11.3. The number of ether oxygens (including phenoxy) is 1. The van der Waals surface area contributed by atoms with Crippen molar-refractivity contribution in [2.45, 2.75) is 76.3 Å². The molecule has 3 N–H and O–H groups in total. The van der Waals surface area contributed by atoms with E-state index in [9.17, 15) is 13.5 Å². The number of rotatable bonds is 12. The first-order valence-corrected chi connectivity index (χ1v) is 14.7. The van der Waals surface area contributed by atoms with Gasteiger partial charge >= 0.3 is 0 Å². The highest BCUT2D eigenvalue weighted by atomic mass is 32.2. The molecule has 0 saturated heterocycles. The van der Waals surface area contributed by atoms with Crippen LogP contribution in [0.2, 0.25) is 0 Å². The molecule has 2 heterocycles. The zero-order chi connectivity index (χ0) is 28.4. The SMILES string of the molecule is COCCN(C(C)(C)C)S(=O)(=O)c1ccc(Nc2nccc(-c3nc(CC(C)(C)O)[nH]c3CC3CC3)n2)cc1. The molecule has 0 atom stereocenters. The lowest BCUT2D eigenvalue weighted by molar-refractivity contribution is 0.0790. The predicted octanol–water partition coefficient (Wildman–Crippen LogP) is 4.31. The van der Waals surface area contributed by atoms with Crippen molar-refractivity contribution < 1.29 is 18.3 Å². The number of aromatic nitrogens is 4. The Kier molecular flexibility index (Phi) is 8.46. The number of H-pyrrole nitrogens is 1. The van der Waals surface area contributed by atoms with E-state index in [0.29, 0.717) is 36.3 Å². The predicted molar refractivity (Wildman–Crippen MR) is 151 cm³/mol. The van der Waals surface area contributed by atoms with Gasteiger partial charge in [-0.2, -0.15) is 4.31 Å². The lowest BCUT2D eigenvalue weighted by atomic mass is 10.1. The van der Waals surface area contributed by atoms with Gasteiger partial charge in [-0.15, -0.1) is 0 Å². The van der Waals surface area contributed by atoms with Gasteiger partial charge in [0.05, 0.1) is 22.8 Å². The molecule has 39 heavy (non-hydrogen) atoms. The van der Waals surface area contributed by atoms with E-state index in [4.69, 9.17) is 14.7 Å². The standard InChI is InChI=1S/C28H40N6O4S/c1-27(2,3)34(15-16-38-6)39(36,37)21-11-9-20(10-12-21)30-26-29-14-13-22(32-26)25-23(17-19-7-8-19)31-24(33-25)18-28(4,5)35/h9-14,19,35H,7-8,15-18H2,1-6H3,(H,31,33)(H,29,30,32). The quantitative estimate of drug-likeness (QED) is 0.301. The van der Waals surface area contributed by atoms with Gasteiger partial charge in [0, 0.05) is 43.2 Å². The fourth-order valence-corrected chi connectivity index (χ4v) is 6.21. The zero-order valence-electron chi connectivity index (χ0n) is 23.7. The van der Waals surface area contributed by atoms with E-state index in [0.717, 1.165) is 23.6 Å². The number of hydrogen-bond acceptors (Lipinski definition) is 8. The monoisotopic (exact) mass is 556 g/mol. The third kappa shape index (κ3) is 7.63. The summed E-state index contributed by atoms with van der Waals surface area (Å²) < 4.78 is 33.3. The van der Waals surface area contributed by atoms with Crippen LogP contribution in [0.1, 0.15) is 59.0 Å². The van der Waals surface area contributed by atoms with Crippen LogP contribution in [0.15, 0.2) is 41.4 Å². The first kappa shape index (κ1) is 29.1. The molecule has 0 bridgehead atoms. The molecule has 212 valence electrons. The molecule has 0 aliphatic heterocycles. The highest BCUT2D eigenvalue weighted by Gasteiger charge is 2.33. The Morgan fingerprint density at radius 2 is 1.79 bits per heavy atom. The first-order chi connectivity index (χ1) is 18.3. The molecular weight excluding hydrogens is 516 g/mol. The van der Waals surface area contributed by atoms with Gasteiger partial charge in [-0.05, 0) is 90.1 Å². The van der Waals surface area contributed by atoms with Gasteiger partial charge < -0.3 is 20.1 Å². The third-order valence-corrected chi connectivity index (χ3v) is 8.64. The summed E-state index contributed by atoms with van der Waals surface area (Å²) in [6, 6.07) is 8.39. The average molecular weight is 557 g/mol. The van der Waals surface area contributed by atoms with Crippen molar-refractivity contribution in [1.82, 2.24) is 24.2 Å². The number of aliphatic hydroxyl groups is 1. The molecule has 1 fully saturated rings. The van der Waals surface area contributed by atoms with Crippen LogP contribution in [0.25, 0.3) is 11.4 Å². The Bertz CT molecular complexity index is 1370. The summed E-state index contributed by atoms with van der Waals surface area (Å²) in [5, 5.41) is 13.5. The Hall–Kier alpha value is -2.86. The minimum atomic E-state index is -3.72. The molecule has 11 heteroatoms. The second-order valence-corrected chi connectivity index (χ2v) is 13.7. The summed E-state index contributed by atoms with van der Waals surface area (Å²) in [4.78, 5) is 17.4. The van der Waals surface area contributed by atoms with Crippen LogP contribution in [-0.4, -0.2) is 69.2 Å². The minimum absolute atomic E-state index is 0.203. The van der Waals surface area contributed by atoms with Crippen molar-refractivity contribution in [3.8, 4) is 11.4 Å². The molecular formula is C28H40N6O4S. The lowest BCUT2D eigenvalue weighted by Crippen LogP contribution is -2.47. The average Bonchev–Trinajstić information content (AvgIpc) is 3.56. The smallest absolute Gasteiger partial charge is 0.243 e. The maximum Gasteiger partial charge on any atom is 0.243 e. The maximum absolute atomic E-state index is 13.4. The largest absolute Gasteiger partial charge is 0.390 e. The highest BCUT2D eigenvalue weighted by Crippen LogP contribution is 2.35. The number of benzene rings is 1. The van der Waals surface area contributed by atoms with Crippen molar-refractivity contribution in [3.63, 3.8) is 0 Å².